The Labute approximate surface area is 118 Å². The molecule has 0 radical (unpaired) electrons. The van der Waals surface area contributed by atoms with E-state index in [1.165, 1.54) is 104 Å². The van der Waals surface area contributed by atoms with Crippen molar-refractivity contribution in [2.24, 2.45) is 0 Å². The van der Waals surface area contributed by atoms with Gasteiger partial charge < -0.3 is 0 Å². The molecule has 0 aromatic carbocycles. The van der Waals surface area contributed by atoms with E-state index < -0.39 is 0 Å². The standard InChI is InChI=1S/C17H37P/c1-3-5-6-7-8-9-10-11-12-13-14-15-17-18-16-4-2/h18H,3-17H2,1-2H3. The lowest BCUT2D eigenvalue weighted by atomic mass is 10.1. The highest BCUT2D eigenvalue weighted by molar-refractivity contribution is 7.37. The van der Waals surface area contributed by atoms with Crippen LogP contribution in [0.4, 0.5) is 0 Å². The topological polar surface area (TPSA) is 0 Å². The van der Waals surface area contributed by atoms with E-state index in [2.05, 4.69) is 13.8 Å². The molecule has 0 aliphatic heterocycles. The van der Waals surface area contributed by atoms with Crippen molar-refractivity contribution in [2.45, 2.75) is 97.3 Å². The molecule has 1 heteroatoms. The average molecular weight is 272 g/mol. The Balaban J connectivity index is 2.86. The van der Waals surface area contributed by atoms with Crippen LogP contribution in [0.5, 0.6) is 0 Å². The van der Waals surface area contributed by atoms with Gasteiger partial charge in [0, 0.05) is 0 Å². The van der Waals surface area contributed by atoms with Gasteiger partial charge in [-0.25, -0.2) is 0 Å². The summed E-state index contributed by atoms with van der Waals surface area (Å²) < 4.78 is 0. The van der Waals surface area contributed by atoms with E-state index in [0.717, 1.165) is 0 Å². The Morgan fingerprint density at radius 3 is 1.33 bits per heavy atom. The molecule has 0 nitrogen and oxygen atoms in total. The Bertz CT molecular complexity index is 118. The van der Waals surface area contributed by atoms with Crippen molar-refractivity contribution >= 4 is 8.58 Å². The van der Waals surface area contributed by atoms with Crippen molar-refractivity contribution in [3.8, 4) is 0 Å². The third kappa shape index (κ3) is 16.4. The van der Waals surface area contributed by atoms with E-state index in [0.29, 0.717) is 0 Å². The largest absolute Gasteiger partial charge is 0.122 e. The molecule has 0 aliphatic rings. The first kappa shape index (κ1) is 18.4. The van der Waals surface area contributed by atoms with Gasteiger partial charge in [-0.15, -0.1) is 8.58 Å². The molecule has 0 heterocycles. The molecule has 0 aromatic rings. The van der Waals surface area contributed by atoms with E-state index >= 15 is 0 Å². The molecule has 110 valence electrons. The summed E-state index contributed by atoms with van der Waals surface area (Å²) in [4.78, 5) is 0. The molecule has 0 aromatic heterocycles. The Morgan fingerprint density at radius 1 is 0.444 bits per heavy atom. The molecule has 0 saturated heterocycles. The van der Waals surface area contributed by atoms with Crippen LogP contribution >= 0.6 is 8.58 Å². The summed E-state index contributed by atoms with van der Waals surface area (Å²) in [5.41, 5.74) is 0. The zero-order valence-corrected chi connectivity index (χ0v) is 14.1. The van der Waals surface area contributed by atoms with E-state index in [9.17, 15) is 0 Å². The molecular weight excluding hydrogens is 235 g/mol. The van der Waals surface area contributed by atoms with Gasteiger partial charge in [0.15, 0.2) is 0 Å². The van der Waals surface area contributed by atoms with Crippen molar-refractivity contribution in [2.75, 3.05) is 12.3 Å². The van der Waals surface area contributed by atoms with Crippen LogP contribution in [0.2, 0.25) is 0 Å². The van der Waals surface area contributed by atoms with Gasteiger partial charge in [0.2, 0.25) is 0 Å². The van der Waals surface area contributed by atoms with Gasteiger partial charge >= 0.3 is 0 Å². The molecule has 0 amide bonds. The lowest BCUT2D eigenvalue weighted by Gasteiger charge is -2.03. The second kappa shape index (κ2) is 17.4. The first-order valence-corrected chi connectivity index (χ1v) is 10.0. The molecule has 1 atom stereocenters. The van der Waals surface area contributed by atoms with Gasteiger partial charge in [-0.05, 0) is 18.7 Å². The highest BCUT2D eigenvalue weighted by Crippen LogP contribution is 2.16. The average Bonchev–Trinajstić information content (AvgIpc) is 2.39. The molecular formula is C17H37P. The van der Waals surface area contributed by atoms with Crippen LogP contribution in [0, 0.1) is 0 Å². The van der Waals surface area contributed by atoms with Crippen LogP contribution in [0.25, 0.3) is 0 Å². The number of rotatable bonds is 15. The molecule has 1 unspecified atom stereocenters. The maximum absolute atomic E-state index is 2.30. The van der Waals surface area contributed by atoms with Crippen molar-refractivity contribution < 1.29 is 0 Å². The van der Waals surface area contributed by atoms with Crippen LogP contribution in [0.1, 0.15) is 97.3 Å². The number of unbranched alkanes of at least 4 members (excludes halogenated alkanes) is 11. The van der Waals surface area contributed by atoms with Crippen LogP contribution in [-0.4, -0.2) is 12.3 Å². The molecule has 0 aliphatic carbocycles. The maximum atomic E-state index is 2.30. The third-order valence-corrected chi connectivity index (χ3v) is 5.19. The molecule has 18 heavy (non-hydrogen) atoms. The zero-order valence-electron chi connectivity index (χ0n) is 13.1. The summed E-state index contributed by atoms with van der Waals surface area (Å²) in [5.74, 6) is 0. The lowest BCUT2D eigenvalue weighted by molar-refractivity contribution is 0.548. The Kier molecular flexibility index (Phi) is 17.8. The summed E-state index contributed by atoms with van der Waals surface area (Å²) in [6.45, 7) is 4.60. The summed E-state index contributed by atoms with van der Waals surface area (Å²) in [7, 11) is 1.24. The third-order valence-electron chi connectivity index (χ3n) is 3.63. The number of hydrogen-bond donors (Lipinski definition) is 0. The van der Waals surface area contributed by atoms with Gasteiger partial charge in [0.05, 0.1) is 0 Å². The van der Waals surface area contributed by atoms with Crippen molar-refractivity contribution in [1.29, 1.82) is 0 Å². The predicted octanol–water partition coefficient (Wildman–Crippen LogP) is 6.78. The summed E-state index contributed by atoms with van der Waals surface area (Å²) in [5, 5.41) is 0. The molecule has 0 rings (SSSR count). The summed E-state index contributed by atoms with van der Waals surface area (Å²) in [6.07, 6.45) is 22.0. The van der Waals surface area contributed by atoms with Crippen molar-refractivity contribution in [3.05, 3.63) is 0 Å². The summed E-state index contributed by atoms with van der Waals surface area (Å²) in [6, 6.07) is 0. The fraction of sp³-hybridized carbons (Fsp3) is 1.00. The molecule has 0 spiro atoms. The fourth-order valence-corrected chi connectivity index (χ4v) is 3.50. The van der Waals surface area contributed by atoms with Gasteiger partial charge in [-0.3, -0.25) is 0 Å². The molecule has 0 bridgehead atoms. The minimum absolute atomic E-state index is 1.24. The quantitative estimate of drug-likeness (QED) is 0.228. The number of hydrogen-bond acceptors (Lipinski definition) is 0. The van der Waals surface area contributed by atoms with Crippen LogP contribution in [0.15, 0.2) is 0 Å². The predicted molar refractivity (Wildman–Crippen MR) is 89.4 cm³/mol. The maximum Gasteiger partial charge on any atom is -0.0353 e. The monoisotopic (exact) mass is 272 g/mol. The lowest BCUT2D eigenvalue weighted by Crippen LogP contribution is -1.84. The zero-order chi connectivity index (χ0) is 13.3. The smallest absolute Gasteiger partial charge is 0.0353 e. The first-order valence-electron chi connectivity index (χ1n) is 8.62. The molecule has 0 saturated carbocycles. The van der Waals surface area contributed by atoms with Crippen molar-refractivity contribution in [3.63, 3.8) is 0 Å². The van der Waals surface area contributed by atoms with Gasteiger partial charge in [0.1, 0.15) is 0 Å². The SMILES string of the molecule is CCCCCCCCCCCCCCPCCC. The fourth-order valence-electron chi connectivity index (χ4n) is 2.39. The van der Waals surface area contributed by atoms with Crippen molar-refractivity contribution in [1.82, 2.24) is 0 Å². The normalized spacial score (nSPS) is 11.7. The first-order chi connectivity index (χ1) is 8.91. The second-order valence-electron chi connectivity index (χ2n) is 5.64. The van der Waals surface area contributed by atoms with Gasteiger partial charge in [-0.1, -0.05) is 90.9 Å². The van der Waals surface area contributed by atoms with E-state index in [4.69, 9.17) is 0 Å². The van der Waals surface area contributed by atoms with Crippen LogP contribution in [-0.2, 0) is 0 Å². The van der Waals surface area contributed by atoms with Gasteiger partial charge in [-0.2, -0.15) is 0 Å². The van der Waals surface area contributed by atoms with E-state index in [1.807, 2.05) is 0 Å². The van der Waals surface area contributed by atoms with Crippen LogP contribution < -0.4 is 0 Å². The minimum atomic E-state index is 1.24. The van der Waals surface area contributed by atoms with E-state index in [1.54, 1.807) is 0 Å². The minimum Gasteiger partial charge on any atom is -0.122 e. The molecule has 0 fully saturated rings. The Morgan fingerprint density at radius 2 is 0.889 bits per heavy atom. The molecule has 0 N–H and O–H groups in total. The summed E-state index contributed by atoms with van der Waals surface area (Å²) >= 11 is 0. The van der Waals surface area contributed by atoms with Crippen LogP contribution in [0.3, 0.4) is 0 Å². The highest BCUT2D eigenvalue weighted by atomic mass is 31.1. The second-order valence-corrected chi connectivity index (χ2v) is 7.14. The van der Waals surface area contributed by atoms with E-state index in [-0.39, 0.29) is 0 Å². The van der Waals surface area contributed by atoms with Gasteiger partial charge in [0.25, 0.3) is 0 Å². The Hall–Kier alpha value is 0.430. The highest BCUT2D eigenvalue weighted by Gasteiger charge is 1.93.